The van der Waals surface area contributed by atoms with Crippen molar-refractivity contribution in [2.75, 3.05) is 18.4 Å². The fourth-order valence-electron chi connectivity index (χ4n) is 3.86. The van der Waals surface area contributed by atoms with Crippen molar-refractivity contribution in [3.05, 3.63) is 63.7 Å². The lowest BCUT2D eigenvalue weighted by molar-refractivity contribution is -0.185. The van der Waals surface area contributed by atoms with Crippen LogP contribution in [0.5, 0.6) is 0 Å². The third-order valence-electron chi connectivity index (χ3n) is 5.51. The van der Waals surface area contributed by atoms with Gasteiger partial charge in [0.15, 0.2) is 5.78 Å². The molecule has 172 valence electrons. The molecule has 1 aliphatic rings. The van der Waals surface area contributed by atoms with E-state index >= 15 is 0 Å². The number of Topliss-reactive ketones (excluding diaryl/α,β-unsaturated/α-hetero) is 1. The predicted molar refractivity (Wildman–Crippen MR) is 119 cm³/mol. The van der Waals surface area contributed by atoms with E-state index in [1.54, 1.807) is 24.3 Å². The molecule has 0 unspecified atom stereocenters. The highest BCUT2D eigenvalue weighted by Gasteiger charge is 2.42. The van der Waals surface area contributed by atoms with Gasteiger partial charge in [-0.25, -0.2) is 0 Å². The summed E-state index contributed by atoms with van der Waals surface area (Å²) in [6.07, 6.45) is -3.77. The topological polar surface area (TPSA) is 49.4 Å². The minimum absolute atomic E-state index is 0.0122. The van der Waals surface area contributed by atoms with Crippen LogP contribution in [0.4, 0.5) is 18.9 Å². The Morgan fingerprint density at radius 2 is 1.72 bits per heavy atom. The molecule has 1 heterocycles. The van der Waals surface area contributed by atoms with Crippen molar-refractivity contribution < 1.29 is 22.8 Å². The van der Waals surface area contributed by atoms with Gasteiger partial charge in [0.2, 0.25) is 0 Å². The molecule has 1 amide bonds. The van der Waals surface area contributed by atoms with Crippen LogP contribution in [0, 0.1) is 5.92 Å². The second kappa shape index (κ2) is 9.94. The van der Waals surface area contributed by atoms with E-state index in [0.717, 1.165) is 21.6 Å². The summed E-state index contributed by atoms with van der Waals surface area (Å²) < 4.78 is 38.5. The molecular weight excluding hydrogens is 441 g/mol. The summed E-state index contributed by atoms with van der Waals surface area (Å²) in [4.78, 5) is 24.7. The van der Waals surface area contributed by atoms with E-state index in [1.165, 1.54) is 0 Å². The van der Waals surface area contributed by atoms with E-state index in [4.69, 9.17) is 11.6 Å². The maximum atomic E-state index is 12.8. The number of hydrogen-bond donors (Lipinski definition) is 1. The number of anilines is 1. The van der Waals surface area contributed by atoms with Gasteiger partial charge in [0, 0.05) is 31.6 Å². The highest BCUT2D eigenvalue weighted by molar-refractivity contribution is 6.33. The maximum Gasteiger partial charge on any atom is 0.471 e. The number of amides is 1. The lowest BCUT2D eigenvalue weighted by Crippen LogP contribution is -2.42. The summed E-state index contributed by atoms with van der Waals surface area (Å²) in [6.45, 7) is 4.44. The Labute approximate surface area is 190 Å². The van der Waals surface area contributed by atoms with Gasteiger partial charge < -0.3 is 10.2 Å². The molecule has 0 aliphatic carbocycles. The number of nitrogens with zero attached hydrogens (tertiary/aromatic N) is 1. The summed E-state index contributed by atoms with van der Waals surface area (Å²) in [5.41, 5.74) is 4.00. The molecule has 0 atom stereocenters. The molecule has 0 fully saturated rings. The molecule has 0 spiro atoms. The number of nitrogens with one attached hydrogen (secondary N) is 1. The molecule has 0 radical (unpaired) electrons. The van der Waals surface area contributed by atoms with Crippen LogP contribution in [0.3, 0.4) is 0 Å². The second-order valence-electron chi connectivity index (χ2n) is 8.42. The Kier molecular flexibility index (Phi) is 7.49. The van der Waals surface area contributed by atoms with E-state index in [2.05, 4.69) is 5.32 Å². The Balaban J connectivity index is 1.72. The zero-order valence-corrected chi connectivity index (χ0v) is 18.8. The quantitative estimate of drug-likeness (QED) is 0.558. The fourth-order valence-corrected chi connectivity index (χ4v) is 4.10. The van der Waals surface area contributed by atoms with Gasteiger partial charge in [0.05, 0.1) is 10.7 Å². The molecule has 2 aromatic carbocycles. The number of halogens is 4. The average molecular weight is 467 g/mol. The van der Waals surface area contributed by atoms with E-state index in [-0.39, 0.29) is 25.3 Å². The number of rotatable bonds is 6. The van der Waals surface area contributed by atoms with Gasteiger partial charge in [0.25, 0.3) is 0 Å². The molecule has 0 saturated heterocycles. The van der Waals surface area contributed by atoms with Gasteiger partial charge in [-0.15, -0.1) is 0 Å². The van der Waals surface area contributed by atoms with Crippen molar-refractivity contribution in [3.63, 3.8) is 0 Å². The molecule has 0 bridgehead atoms. The first-order chi connectivity index (χ1) is 15.1. The zero-order valence-electron chi connectivity index (χ0n) is 18.1. The lowest BCUT2D eigenvalue weighted by Gasteiger charge is -2.21. The summed E-state index contributed by atoms with van der Waals surface area (Å²) in [5, 5.41) is 3.77. The molecule has 32 heavy (non-hydrogen) atoms. The molecule has 4 nitrogen and oxygen atoms in total. The molecule has 0 saturated carbocycles. The van der Waals surface area contributed by atoms with E-state index in [9.17, 15) is 22.8 Å². The maximum absolute atomic E-state index is 12.8. The Morgan fingerprint density at radius 3 is 2.34 bits per heavy atom. The SMILES string of the molecule is CC(C)CC(=O)c1ccc(CNc2c(Cl)ccc3c2CCN(C(=O)C(F)(F)F)CC3)cc1. The zero-order chi connectivity index (χ0) is 23.5. The molecular formula is C24H26ClF3N2O2. The van der Waals surface area contributed by atoms with Gasteiger partial charge in [-0.1, -0.05) is 55.8 Å². The number of hydrogen-bond acceptors (Lipinski definition) is 3. The lowest BCUT2D eigenvalue weighted by atomic mass is 9.99. The highest BCUT2D eigenvalue weighted by Crippen LogP contribution is 2.32. The molecule has 2 aromatic rings. The Bertz CT molecular complexity index is 988. The Morgan fingerprint density at radius 1 is 1.06 bits per heavy atom. The van der Waals surface area contributed by atoms with Gasteiger partial charge in [0.1, 0.15) is 0 Å². The minimum atomic E-state index is -4.88. The van der Waals surface area contributed by atoms with Crippen LogP contribution in [0.25, 0.3) is 0 Å². The van der Waals surface area contributed by atoms with Crippen molar-refractivity contribution >= 4 is 29.0 Å². The van der Waals surface area contributed by atoms with Gasteiger partial charge in [-0.2, -0.15) is 13.2 Å². The molecule has 0 aromatic heterocycles. The third kappa shape index (κ3) is 5.82. The summed E-state index contributed by atoms with van der Waals surface area (Å²) in [5.74, 6) is -1.41. The van der Waals surface area contributed by atoms with Gasteiger partial charge in [-0.05, 0) is 41.5 Å². The molecule has 1 N–H and O–H groups in total. The molecule has 3 rings (SSSR count). The average Bonchev–Trinajstić information content (AvgIpc) is 2.94. The number of carbonyl (C=O) groups excluding carboxylic acids is 2. The Hall–Kier alpha value is -2.54. The number of carbonyl (C=O) groups is 2. The number of benzene rings is 2. The van der Waals surface area contributed by atoms with Crippen LogP contribution in [0.1, 0.15) is 47.3 Å². The van der Waals surface area contributed by atoms with Crippen molar-refractivity contribution in [1.82, 2.24) is 4.90 Å². The van der Waals surface area contributed by atoms with Crippen molar-refractivity contribution in [2.24, 2.45) is 5.92 Å². The van der Waals surface area contributed by atoms with Crippen LogP contribution < -0.4 is 5.32 Å². The summed E-state index contributed by atoms with van der Waals surface area (Å²) >= 11 is 6.40. The van der Waals surface area contributed by atoms with Crippen LogP contribution >= 0.6 is 11.6 Å². The monoisotopic (exact) mass is 466 g/mol. The summed E-state index contributed by atoms with van der Waals surface area (Å²) in [6, 6.07) is 10.9. The smallest absolute Gasteiger partial charge is 0.380 e. The van der Waals surface area contributed by atoms with Crippen LogP contribution in [-0.4, -0.2) is 35.9 Å². The van der Waals surface area contributed by atoms with Gasteiger partial charge >= 0.3 is 12.1 Å². The van der Waals surface area contributed by atoms with Crippen LogP contribution in [0.15, 0.2) is 36.4 Å². The van der Waals surface area contributed by atoms with Crippen LogP contribution in [0.2, 0.25) is 5.02 Å². The van der Waals surface area contributed by atoms with Crippen molar-refractivity contribution in [2.45, 2.75) is 45.8 Å². The predicted octanol–water partition coefficient (Wildman–Crippen LogP) is 5.67. The largest absolute Gasteiger partial charge is 0.471 e. The number of fused-ring (bicyclic) bond motifs is 1. The molecule has 8 heteroatoms. The first-order valence-electron chi connectivity index (χ1n) is 10.6. The first kappa shape index (κ1) is 24.1. The van der Waals surface area contributed by atoms with Crippen molar-refractivity contribution in [3.8, 4) is 0 Å². The first-order valence-corrected chi connectivity index (χ1v) is 11.0. The number of ketones is 1. The van der Waals surface area contributed by atoms with E-state index in [1.807, 2.05) is 26.0 Å². The summed E-state index contributed by atoms with van der Waals surface area (Å²) in [7, 11) is 0. The third-order valence-corrected chi connectivity index (χ3v) is 5.83. The van der Waals surface area contributed by atoms with E-state index in [0.29, 0.717) is 41.6 Å². The van der Waals surface area contributed by atoms with Gasteiger partial charge in [-0.3, -0.25) is 9.59 Å². The number of alkyl halides is 3. The normalized spacial score (nSPS) is 14.2. The standard InChI is InChI=1S/C24H26ClF3N2O2/c1-15(2)13-21(31)18-5-3-16(4-6-18)14-29-22-19-10-12-30(23(32)24(26,27)28)11-9-17(19)7-8-20(22)25/h3-8,15,29H,9-14H2,1-2H3. The second-order valence-corrected chi connectivity index (χ2v) is 8.83. The fraction of sp³-hybridized carbons (Fsp3) is 0.417. The van der Waals surface area contributed by atoms with Crippen LogP contribution in [-0.2, 0) is 24.2 Å². The van der Waals surface area contributed by atoms with E-state index < -0.39 is 12.1 Å². The highest BCUT2D eigenvalue weighted by atomic mass is 35.5. The minimum Gasteiger partial charge on any atom is -0.380 e. The van der Waals surface area contributed by atoms with Crippen molar-refractivity contribution in [1.29, 1.82) is 0 Å². The molecule has 1 aliphatic heterocycles.